The number of hydrogen-bond donors (Lipinski definition) is 2. The summed E-state index contributed by atoms with van der Waals surface area (Å²) in [5, 5.41) is 5.63. The molecule has 0 bridgehead atoms. The lowest BCUT2D eigenvalue weighted by atomic mass is 9.76. The smallest absolute Gasteiger partial charge is 0.273 e. The van der Waals surface area contributed by atoms with Crippen LogP contribution in [0.5, 0.6) is 17.2 Å². The summed E-state index contributed by atoms with van der Waals surface area (Å²) >= 11 is 6.41. The SMILES string of the molecule is CCC(C)(C)c1ccc(OCCCC(=O)Nc2ccc(Cl)c(NC(=O)C(Oc3ccc(S(=O)(=O)c4cccc(OCc5ccccc5)c4)cc3)C(C)=O)c2)c(C(C)(C)CC)c1. The molecule has 0 aromatic heterocycles. The maximum atomic E-state index is 13.5. The van der Waals surface area contributed by atoms with Crippen molar-refractivity contribution in [1.82, 2.24) is 0 Å². The second-order valence-corrected chi connectivity index (χ2v) is 18.6. The van der Waals surface area contributed by atoms with Crippen molar-refractivity contribution in [2.45, 2.75) is 107 Å². The molecule has 0 radical (unpaired) electrons. The summed E-state index contributed by atoms with van der Waals surface area (Å²) in [4.78, 5) is 39.0. The summed E-state index contributed by atoms with van der Waals surface area (Å²) in [5.74, 6) is -0.356. The van der Waals surface area contributed by atoms with Crippen LogP contribution in [0.3, 0.4) is 0 Å². The lowest BCUT2D eigenvalue weighted by molar-refractivity contribution is -0.133. The number of ether oxygens (including phenoxy) is 3. The molecule has 0 spiro atoms. The van der Waals surface area contributed by atoms with E-state index in [9.17, 15) is 22.8 Å². The molecule has 0 heterocycles. The molecule has 5 aromatic carbocycles. The highest BCUT2D eigenvalue weighted by molar-refractivity contribution is 7.91. The van der Waals surface area contributed by atoms with Crippen molar-refractivity contribution in [2.24, 2.45) is 0 Å². The Labute approximate surface area is 364 Å². The zero-order valence-electron chi connectivity index (χ0n) is 35.8. The first kappa shape index (κ1) is 46.4. The summed E-state index contributed by atoms with van der Waals surface area (Å²) in [5.41, 5.74) is 3.86. The molecule has 5 aromatic rings. The minimum absolute atomic E-state index is 0.0199. The zero-order valence-corrected chi connectivity index (χ0v) is 37.4. The van der Waals surface area contributed by atoms with E-state index in [-0.39, 0.29) is 56.0 Å². The van der Waals surface area contributed by atoms with Gasteiger partial charge in [-0.1, -0.05) is 102 Å². The molecule has 0 aliphatic rings. The highest BCUT2D eigenvalue weighted by atomic mass is 35.5. The van der Waals surface area contributed by atoms with Gasteiger partial charge in [0.05, 0.1) is 27.1 Å². The third kappa shape index (κ3) is 12.2. The quantitative estimate of drug-likeness (QED) is 0.0583. The monoisotopic (exact) mass is 866 g/mol. The van der Waals surface area contributed by atoms with Crippen LogP contribution in [0.1, 0.15) is 90.8 Å². The lowest BCUT2D eigenvalue weighted by Crippen LogP contribution is -2.38. The van der Waals surface area contributed by atoms with Crippen LogP contribution >= 0.6 is 11.6 Å². The first-order chi connectivity index (χ1) is 28.9. The molecule has 0 fully saturated rings. The Morgan fingerprint density at radius 1 is 0.721 bits per heavy atom. The van der Waals surface area contributed by atoms with Crippen LogP contribution in [0.25, 0.3) is 0 Å². The molecular formula is C49H55ClN2O8S. The Hall–Kier alpha value is -5.65. The first-order valence-electron chi connectivity index (χ1n) is 20.4. The van der Waals surface area contributed by atoms with Crippen LogP contribution in [-0.4, -0.2) is 38.7 Å². The second kappa shape index (κ2) is 20.3. The van der Waals surface area contributed by atoms with Gasteiger partial charge in [-0.2, -0.15) is 0 Å². The predicted octanol–water partition coefficient (Wildman–Crippen LogP) is 10.9. The minimum Gasteiger partial charge on any atom is -0.493 e. The van der Waals surface area contributed by atoms with Crippen molar-refractivity contribution in [3.05, 3.63) is 137 Å². The van der Waals surface area contributed by atoms with Crippen molar-refractivity contribution >= 4 is 50.4 Å². The number of hydrogen-bond acceptors (Lipinski definition) is 8. The van der Waals surface area contributed by atoms with Crippen LogP contribution in [-0.2, 0) is 41.7 Å². The fourth-order valence-corrected chi connectivity index (χ4v) is 7.76. The Morgan fingerprint density at radius 2 is 1.43 bits per heavy atom. The van der Waals surface area contributed by atoms with Gasteiger partial charge < -0.3 is 24.8 Å². The molecule has 1 atom stereocenters. The molecule has 61 heavy (non-hydrogen) atoms. The first-order valence-corrected chi connectivity index (χ1v) is 22.3. The summed E-state index contributed by atoms with van der Waals surface area (Å²) in [7, 11) is -3.95. The molecule has 1 unspecified atom stereocenters. The molecule has 322 valence electrons. The Balaban J connectivity index is 1.16. The van der Waals surface area contributed by atoms with Gasteiger partial charge in [0.25, 0.3) is 5.91 Å². The molecule has 2 N–H and O–H groups in total. The molecule has 0 saturated carbocycles. The summed E-state index contributed by atoms with van der Waals surface area (Å²) in [6.45, 7) is 15.1. The maximum absolute atomic E-state index is 13.5. The predicted molar refractivity (Wildman–Crippen MR) is 241 cm³/mol. The van der Waals surface area contributed by atoms with Gasteiger partial charge in [0.15, 0.2) is 5.78 Å². The Morgan fingerprint density at radius 3 is 2.10 bits per heavy atom. The highest BCUT2D eigenvalue weighted by Crippen LogP contribution is 2.39. The molecule has 5 rings (SSSR count). The van der Waals surface area contributed by atoms with Gasteiger partial charge in [0, 0.05) is 17.7 Å². The fraction of sp³-hybridized carbons (Fsp3) is 0.327. The average molecular weight is 868 g/mol. The van der Waals surface area contributed by atoms with E-state index in [0.29, 0.717) is 24.5 Å². The zero-order chi connectivity index (χ0) is 44.4. The minimum atomic E-state index is -3.95. The fourth-order valence-electron chi connectivity index (χ4n) is 6.30. The number of nitrogens with one attached hydrogen (secondary N) is 2. The van der Waals surface area contributed by atoms with E-state index in [1.54, 1.807) is 18.2 Å². The molecule has 10 nitrogen and oxygen atoms in total. The van der Waals surface area contributed by atoms with E-state index >= 15 is 0 Å². The second-order valence-electron chi connectivity index (χ2n) is 16.2. The van der Waals surface area contributed by atoms with Crippen LogP contribution in [0.4, 0.5) is 11.4 Å². The van der Waals surface area contributed by atoms with Gasteiger partial charge >= 0.3 is 0 Å². The van der Waals surface area contributed by atoms with Gasteiger partial charge in [-0.25, -0.2) is 8.42 Å². The Kier molecular flexibility index (Phi) is 15.4. The number of carbonyl (C=O) groups is 3. The normalized spacial score (nSPS) is 12.3. The third-order valence-corrected chi connectivity index (χ3v) is 13.0. The highest BCUT2D eigenvalue weighted by Gasteiger charge is 2.28. The molecule has 2 amide bonds. The van der Waals surface area contributed by atoms with E-state index in [1.165, 1.54) is 61.0 Å². The number of halogens is 1. The summed E-state index contributed by atoms with van der Waals surface area (Å²) in [6.07, 6.45) is 1.03. The number of rotatable bonds is 20. The lowest BCUT2D eigenvalue weighted by Gasteiger charge is -2.30. The van der Waals surface area contributed by atoms with E-state index in [2.05, 4.69) is 64.3 Å². The maximum Gasteiger partial charge on any atom is 0.273 e. The molecule has 0 aliphatic carbocycles. The van der Waals surface area contributed by atoms with Gasteiger partial charge in [-0.05, 0) is 115 Å². The number of amides is 2. The van der Waals surface area contributed by atoms with Crippen LogP contribution < -0.4 is 24.8 Å². The topological polar surface area (TPSA) is 137 Å². The van der Waals surface area contributed by atoms with Crippen LogP contribution in [0.15, 0.2) is 125 Å². The van der Waals surface area contributed by atoms with Crippen molar-refractivity contribution in [3.8, 4) is 17.2 Å². The number of carbonyl (C=O) groups excluding carboxylic acids is 3. The number of sulfone groups is 1. The number of Topliss-reactive ketones (excluding diaryl/α,β-unsaturated/α-hetero) is 1. The van der Waals surface area contributed by atoms with Crippen LogP contribution in [0, 0.1) is 0 Å². The van der Waals surface area contributed by atoms with Crippen molar-refractivity contribution in [1.29, 1.82) is 0 Å². The number of benzene rings is 5. The van der Waals surface area contributed by atoms with E-state index in [1.807, 2.05) is 36.4 Å². The van der Waals surface area contributed by atoms with Crippen molar-refractivity contribution in [2.75, 3.05) is 17.2 Å². The molecule has 0 saturated heterocycles. The van der Waals surface area contributed by atoms with E-state index in [0.717, 1.165) is 29.7 Å². The van der Waals surface area contributed by atoms with Gasteiger partial charge in [0.2, 0.25) is 21.8 Å². The summed E-state index contributed by atoms with van der Waals surface area (Å²) < 4.78 is 44.8. The van der Waals surface area contributed by atoms with Gasteiger partial charge in [-0.15, -0.1) is 0 Å². The number of anilines is 2. The molecule has 0 aliphatic heterocycles. The van der Waals surface area contributed by atoms with E-state index in [4.69, 9.17) is 25.8 Å². The summed E-state index contributed by atoms with van der Waals surface area (Å²) in [6, 6.07) is 32.2. The van der Waals surface area contributed by atoms with Gasteiger partial charge in [0.1, 0.15) is 23.9 Å². The van der Waals surface area contributed by atoms with Crippen LogP contribution in [0.2, 0.25) is 5.02 Å². The Bertz CT molecular complexity index is 2430. The number of ketones is 1. The standard InChI is InChI=1S/C49H55ClN2O8S/c1-8-48(4,5)35-20-27-44(41(29-35)49(6,7)9-2)58-28-14-19-45(54)51-36-21-26-42(50)43(30-36)52-47(55)46(33(3)53)60-37-22-24-39(25-23-37)61(56,57)40-18-13-17-38(31-40)59-32-34-15-11-10-12-16-34/h10-13,15-18,20-27,29-31,46H,8-9,14,19,28,32H2,1-7H3,(H,51,54)(H,52,55). The van der Waals surface area contributed by atoms with E-state index < -0.39 is 27.6 Å². The van der Waals surface area contributed by atoms with Crippen molar-refractivity contribution < 1.29 is 37.0 Å². The van der Waals surface area contributed by atoms with Gasteiger partial charge in [-0.3, -0.25) is 14.4 Å². The van der Waals surface area contributed by atoms with Crippen molar-refractivity contribution in [3.63, 3.8) is 0 Å². The molecular weight excluding hydrogens is 812 g/mol. The largest absolute Gasteiger partial charge is 0.493 e. The average Bonchev–Trinajstić information content (AvgIpc) is 3.25. The third-order valence-electron chi connectivity index (χ3n) is 10.9. The molecule has 12 heteroatoms.